The second-order valence-electron chi connectivity index (χ2n) is 7.38. The molecule has 0 spiro atoms. The predicted molar refractivity (Wildman–Crippen MR) is 106 cm³/mol. The Morgan fingerprint density at radius 3 is 2.79 bits per heavy atom. The van der Waals surface area contributed by atoms with Crippen LogP contribution in [-0.2, 0) is 11.2 Å². The molecule has 1 aromatic carbocycles. The quantitative estimate of drug-likeness (QED) is 0.687. The smallest absolute Gasteiger partial charge is 0.224 e. The van der Waals surface area contributed by atoms with Crippen LogP contribution in [0.25, 0.3) is 11.2 Å². The van der Waals surface area contributed by atoms with Crippen LogP contribution in [0.1, 0.15) is 42.9 Å². The largest absolute Gasteiger partial charge is 0.496 e. The molecule has 2 N–H and O–H groups in total. The number of aromatic nitrogens is 4. The van der Waals surface area contributed by atoms with E-state index in [0.717, 1.165) is 54.8 Å². The molecule has 1 fully saturated rings. The van der Waals surface area contributed by atoms with Gasteiger partial charge in [0.2, 0.25) is 5.91 Å². The zero-order chi connectivity index (χ0) is 19.3. The van der Waals surface area contributed by atoms with Crippen molar-refractivity contribution in [1.29, 1.82) is 0 Å². The summed E-state index contributed by atoms with van der Waals surface area (Å²) >= 11 is 0. The first kappa shape index (κ1) is 18.4. The lowest BCUT2D eigenvalue weighted by Crippen LogP contribution is -2.32. The van der Waals surface area contributed by atoms with E-state index in [0.29, 0.717) is 23.9 Å². The van der Waals surface area contributed by atoms with E-state index < -0.39 is 0 Å². The maximum atomic E-state index is 12.3. The first-order valence-electron chi connectivity index (χ1n) is 9.78. The lowest BCUT2D eigenvalue weighted by molar-refractivity contribution is -0.120. The van der Waals surface area contributed by atoms with Crippen molar-refractivity contribution in [2.45, 2.75) is 38.0 Å². The zero-order valence-corrected chi connectivity index (χ0v) is 16.0. The number of aromatic amines is 1. The van der Waals surface area contributed by atoms with Gasteiger partial charge in [-0.05, 0) is 37.7 Å². The Labute approximate surface area is 163 Å². The van der Waals surface area contributed by atoms with Crippen LogP contribution in [0.15, 0.2) is 36.7 Å². The number of hydrogen-bond acceptors (Lipinski definition) is 5. The molecule has 1 amide bonds. The van der Waals surface area contributed by atoms with E-state index in [4.69, 9.17) is 4.74 Å². The molecular formula is C21H25N5O2. The van der Waals surface area contributed by atoms with E-state index in [1.165, 1.54) is 0 Å². The Hall–Kier alpha value is -2.96. The van der Waals surface area contributed by atoms with E-state index in [2.05, 4.69) is 25.5 Å². The third kappa shape index (κ3) is 3.98. The standard InChI is InChI=1S/C21H25N5O2/c1-28-17-5-3-2-4-16(17)12-18(27)24-13-14-6-8-15(9-7-14)19-20-21(26-25-19)23-11-10-22-20/h2-5,10-11,14-15H,6-9,12-13H2,1H3,(H,24,27)(H,23,25,26). The maximum Gasteiger partial charge on any atom is 0.224 e. The van der Waals surface area contributed by atoms with Gasteiger partial charge >= 0.3 is 0 Å². The summed E-state index contributed by atoms with van der Waals surface area (Å²) in [5.74, 6) is 1.75. The van der Waals surface area contributed by atoms with Gasteiger partial charge in [0.15, 0.2) is 5.65 Å². The number of rotatable bonds is 6. The van der Waals surface area contributed by atoms with Crippen molar-refractivity contribution in [3.63, 3.8) is 0 Å². The van der Waals surface area contributed by atoms with Gasteiger partial charge in [-0.1, -0.05) is 18.2 Å². The fraction of sp³-hybridized carbons (Fsp3) is 0.429. The molecular weight excluding hydrogens is 354 g/mol. The fourth-order valence-electron chi connectivity index (χ4n) is 4.05. The SMILES string of the molecule is COc1ccccc1CC(=O)NCC1CCC(c2[nH]nc3nccnc23)CC1. The summed E-state index contributed by atoms with van der Waals surface area (Å²) in [4.78, 5) is 21.0. The normalized spacial score (nSPS) is 19.5. The Kier molecular flexibility index (Phi) is 5.50. The topological polar surface area (TPSA) is 92.8 Å². The van der Waals surface area contributed by atoms with E-state index >= 15 is 0 Å². The zero-order valence-electron chi connectivity index (χ0n) is 16.0. The lowest BCUT2D eigenvalue weighted by Gasteiger charge is -2.28. The maximum absolute atomic E-state index is 12.3. The molecule has 0 saturated heterocycles. The summed E-state index contributed by atoms with van der Waals surface area (Å²) < 4.78 is 5.32. The van der Waals surface area contributed by atoms with Crippen LogP contribution in [-0.4, -0.2) is 39.7 Å². The van der Waals surface area contributed by atoms with Crippen molar-refractivity contribution in [2.24, 2.45) is 5.92 Å². The Morgan fingerprint density at radius 1 is 1.18 bits per heavy atom. The molecule has 2 aromatic heterocycles. The van der Waals surface area contributed by atoms with Crippen molar-refractivity contribution in [1.82, 2.24) is 25.5 Å². The minimum Gasteiger partial charge on any atom is -0.496 e. The third-order valence-electron chi connectivity index (χ3n) is 5.60. The molecule has 146 valence electrons. The number of benzene rings is 1. The number of amides is 1. The molecule has 2 heterocycles. The van der Waals surface area contributed by atoms with Crippen LogP contribution in [0.3, 0.4) is 0 Å². The Bertz CT molecular complexity index is 947. The molecule has 3 aromatic rings. The second kappa shape index (κ2) is 8.37. The lowest BCUT2D eigenvalue weighted by atomic mass is 9.80. The van der Waals surface area contributed by atoms with Crippen LogP contribution in [0.5, 0.6) is 5.75 Å². The van der Waals surface area contributed by atoms with E-state index in [1.807, 2.05) is 24.3 Å². The average Bonchev–Trinajstić information content (AvgIpc) is 3.17. The number of hydrogen-bond donors (Lipinski definition) is 2. The van der Waals surface area contributed by atoms with E-state index in [9.17, 15) is 4.79 Å². The van der Waals surface area contributed by atoms with E-state index in [-0.39, 0.29) is 5.91 Å². The summed E-state index contributed by atoms with van der Waals surface area (Å²) in [5, 5.41) is 10.5. The summed E-state index contributed by atoms with van der Waals surface area (Å²) in [7, 11) is 1.63. The molecule has 0 atom stereocenters. The van der Waals surface area contributed by atoms with Crippen molar-refractivity contribution in [3.05, 3.63) is 47.9 Å². The highest BCUT2D eigenvalue weighted by Gasteiger charge is 2.26. The number of nitrogens with one attached hydrogen (secondary N) is 2. The Morgan fingerprint density at radius 2 is 1.96 bits per heavy atom. The van der Waals surface area contributed by atoms with Gasteiger partial charge in [-0.3, -0.25) is 9.89 Å². The van der Waals surface area contributed by atoms with Gasteiger partial charge in [0.25, 0.3) is 0 Å². The molecule has 4 rings (SSSR count). The highest BCUT2D eigenvalue weighted by atomic mass is 16.5. The number of carbonyl (C=O) groups is 1. The van der Waals surface area contributed by atoms with Crippen LogP contribution < -0.4 is 10.1 Å². The van der Waals surface area contributed by atoms with Gasteiger partial charge in [0.1, 0.15) is 11.3 Å². The van der Waals surface area contributed by atoms with Crippen molar-refractivity contribution >= 4 is 17.1 Å². The van der Waals surface area contributed by atoms with Gasteiger partial charge < -0.3 is 10.1 Å². The molecule has 1 aliphatic carbocycles. The number of ether oxygens (including phenoxy) is 1. The number of nitrogens with zero attached hydrogens (tertiary/aromatic N) is 3. The minimum atomic E-state index is 0.0430. The number of carbonyl (C=O) groups excluding carboxylic acids is 1. The Balaban J connectivity index is 1.27. The molecule has 0 aliphatic heterocycles. The summed E-state index contributed by atoms with van der Waals surface area (Å²) in [6, 6.07) is 7.65. The number of H-pyrrole nitrogens is 1. The minimum absolute atomic E-state index is 0.0430. The number of para-hydroxylation sites is 1. The second-order valence-corrected chi connectivity index (χ2v) is 7.38. The van der Waals surface area contributed by atoms with Crippen LogP contribution in [0.4, 0.5) is 0 Å². The van der Waals surface area contributed by atoms with Crippen molar-refractivity contribution in [2.75, 3.05) is 13.7 Å². The average molecular weight is 379 g/mol. The molecule has 7 nitrogen and oxygen atoms in total. The van der Waals surface area contributed by atoms with Crippen LogP contribution >= 0.6 is 0 Å². The van der Waals surface area contributed by atoms with Gasteiger partial charge in [-0.25, -0.2) is 9.97 Å². The van der Waals surface area contributed by atoms with Gasteiger partial charge in [-0.2, -0.15) is 5.10 Å². The molecule has 0 bridgehead atoms. The summed E-state index contributed by atoms with van der Waals surface area (Å²) in [6.45, 7) is 0.726. The highest BCUT2D eigenvalue weighted by Crippen LogP contribution is 2.36. The molecule has 7 heteroatoms. The monoisotopic (exact) mass is 379 g/mol. The van der Waals surface area contributed by atoms with Gasteiger partial charge in [0.05, 0.1) is 19.2 Å². The third-order valence-corrected chi connectivity index (χ3v) is 5.60. The predicted octanol–water partition coefficient (Wildman–Crippen LogP) is 2.99. The molecule has 0 radical (unpaired) electrons. The molecule has 1 aliphatic rings. The van der Waals surface area contributed by atoms with Crippen LogP contribution in [0, 0.1) is 5.92 Å². The molecule has 28 heavy (non-hydrogen) atoms. The number of methoxy groups -OCH3 is 1. The summed E-state index contributed by atoms with van der Waals surface area (Å²) in [5.41, 5.74) is 3.58. The molecule has 1 saturated carbocycles. The van der Waals surface area contributed by atoms with Crippen molar-refractivity contribution in [3.8, 4) is 5.75 Å². The fourth-order valence-corrected chi connectivity index (χ4v) is 4.05. The summed E-state index contributed by atoms with van der Waals surface area (Å²) in [6.07, 6.45) is 8.03. The van der Waals surface area contributed by atoms with E-state index in [1.54, 1.807) is 19.5 Å². The first-order chi connectivity index (χ1) is 13.7. The van der Waals surface area contributed by atoms with Gasteiger partial charge in [0, 0.05) is 30.4 Å². The highest BCUT2D eigenvalue weighted by molar-refractivity contribution is 5.79. The first-order valence-corrected chi connectivity index (χ1v) is 9.78. The van der Waals surface area contributed by atoms with Crippen LogP contribution in [0.2, 0.25) is 0 Å². The number of fused-ring (bicyclic) bond motifs is 1. The van der Waals surface area contributed by atoms with Gasteiger partial charge in [-0.15, -0.1) is 0 Å². The van der Waals surface area contributed by atoms with Crippen molar-refractivity contribution < 1.29 is 9.53 Å². The molecule has 0 unspecified atom stereocenters.